The zero-order valence-electron chi connectivity index (χ0n) is 20.8. The van der Waals surface area contributed by atoms with Crippen LogP contribution in [0.4, 0.5) is 17.7 Å². The average Bonchev–Trinajstić information content (AvgIpc) is 3.21. The molecule has 0 saturated carbocycles. The molecular weight excluding hydrogens is 484 g/mol. The summed E-state index contributed by atoms with van der Waals surface area (Å²) in [6, 6.07) is 0. The maximum Gasteiger partial charge on any atom is 0.219 e. The number of imidazole rings is 1. The van der Waals surface area contributed by atoms with Gasteiger partial charge in [-0.1, -0.05) is 13.8 Å². The van der Waals surface area contributed by atoms with Crippen LogP contribution in [0.15, 0.2) is 12.4 Å². The molecule has 0 spiro atoms. The number of rotatable bonds is 6. The fourth-order valence-corrected chi connectivity index (χ4v) is 5.37. The second-order valence-electron chi connectivity index (χ2n) is 9.54. The van der Waals surface area contributed by atoms with E-state index in [9.17, 15) is 8.42 Å². The first-order valence-electron chi connectivity index (χ1n) is 12.1. The van der Waals surface area contributed by atoms with Crippen LogP contribution in [0.2, 0.25) is 0 Å². The topological polar surface area (TPSA) is 148 Å². The van der Waals surface area contributed by atoms with Gasteiger partial charge in [0.2, 0.25) is 21.9 Å². The SMILES string of the molecule is CC(C)Cn1c(N2CCN(S(C)(=O)=O)CC2)nc2c(N3CCOCC3)nc(-c3cnc(N)nc3)nc21. The molecule has 0 aromatic carbocycles. The van der Waals surface area contributed by atoms with Gasteiger partial charge in [0.15, 0.2) is 22.8 Å². The molecular formula is C22H32N10O3S. The van der Waals surface area contributed by atoms with Crippen LogP contribution in [0.1, 0.15) is 13.8 Å². The van der Waals surface area contributed by atoms with Crippen molar-refractivity contribution in [2.75, 3.05) is 74.3 Å². The normalized spacial score (nSPS) is 17.9. The molecule has 13 nitrogen and oxygen atoms in total. The minimum atomic E-state index is -3.23. The second kappa shape index (κ2) is 9.75. The van der Waals surface area contributed by atoms with Gasteiger partial charge in [0.1, 0.15) is 0 Å². The molecule has 2 aliphatic heterocycles. The van der Waals surface area contributed by atoms with E-state index in [4.69, 9.17) is 25.4 Å². The van der Waals surface area contributed by atoms with Gasteiger partial charge in [-0.25, -0.2) is 33.3 Å². The number of fused-ring (bicyclic) bond motifs is 1. The molecule has 2 fully saturated rings. The van der Waals surface area contributed by atoms with Gasteiger partial charge >= 0.3 is 0 Å². The fourth-order valence-electron chi connectivity index (χ4n) is 4.55. The lowest BCUT2D eigenvalue weighted by Gasteiger charge is -2.34. The number of piperazine rings is 1. The van der Waals surface area contributed by atoms with Gasteiger partial charge < -0.3 is 20.3 Å². The van der Waals surface area contributed by atoms with Crippen molar-refractivity contribution >= 4 is 38.9 Å². The van der Waals surface area contributed by atoms with E-state index < -0.39 is 10.0 Å². The van der Waals surface area contributed by atoms with E-state index >= 15 is 0 Å². The molecule has 14 heteroatoms. The van der Waals surface area contributed by atoms with Crippen molar-refractivity contribution in [1.82, 2.24) is 33.8 Å². The van der Waals surface area contributed by atoms with Crippen molar-refractivity contribution in [3.63, 3.8) is 0 Å². The van der Waals surface area contributed by atoms with E-state index in [1.807, 2.05) is 0 Å². The highest BCUT2D eigenvalue weighted by atomic mass is 32.2. The number of nitrogens with two attached hydrogens (primary N) is 1. The molecule has 3 aromatic rings. The van der Waals surface area contributed by atoms with Crippen LogP contribution in [0.5, 0.6) is 0 Å². The summed E-state index contributed by atoms with van der Waals surface area (Å²) in [5.74, 6) is 2.55. The quantitative estimate of drug-likeness (QED) is 0.486. The molecule has 2 saturated heterocycles. The lowest BCUT2D eigenvalue weighted by molar-refractivity contribution is 0.122. The number of aromatic nitrogens is 6. The number of anilines is 3. The smallest absolute Gasteiger partial charge is 0.219 e. The summed E-state index contributed by atoms with van der Waals surface area (Å²) in [4.78, 5) is 27.5. The van der Waals surface area contributed by atoms with Crippen molar-refractivity contribution in [2.45, 2.75) is 20.4 Å². The van der Waals surface area contributed by atoms with Crippen LogP contribution in [-0.4, -0.2) is 101 Å². The Balaban J connectivity index is 1.64. The highest BCUT2D eigenvalue weighted by Gasteiger charge is 2.29. The Morgan fingerprint density at radius 1 is 0.972 bits per heavy atom. The molecule has 0 amide bonds. The van der Waals surface area contributed by atoms with Crippen molar-refractivity contribution in [2.24, 2.45) is 5.92 Å². The minimum Gasteiger partial charge on any atom is -0.378 e. The number of ether oxygens (including phenoxy) is 1. The summed E-state index contributed by atoms with van der Waals surface area (Å²) in [5, 5.41) is 0. The Hall–Kier alpha value is -3.10. The molecule has 2 aliphatic rings. The molecule has 5 rings (SSSR count). The fraction of sp³-hybridized carbons (Fsp3) is 0.591. The van der Waals surface area contributed by atoms with Crippen molar-refractivity contribution < 1.29 is 13.2 Å². The van der Waals surface area contributed by atoms with Gasteiger partial charge in [-0.3, -0.25) is 4.57 Å². The minimum absolute atomic E-state index is 0.189. The largest absolute Gasteiger partial charge is 0.378 e. The van der Waals surface area contributed by atoms with Gasteiger partial charge in [0.05, 0.1) is 25.0 Å². The highest BCUT2D eigenvalue weighted by molar-refractivity contribution is 7.88. The second-order valence-corrected chi connectivity index (χ2v) is 11.5. The van der Waals surface area contributed by atoms with E-state index in [0.29, 0.717) is 76.3 Å². The number of nitrogen functional groups attached to an aromatic ring is 1. The van der Waals surface area contributed by atoms with Crippen molar-refractivity contribution in [3.8, 4) is 11.4 Å². The lowest BCUT2D eigenvalue weighted by Crippen LogP contribution is -2.49. The summed E-state index contributed by atoms with van der Waals surface area (Å²) in [6.45, 7) is 9.55. The number of sulfonamides is 1. The zero-order valence-corrected chi connectivity index (χ0v) is 21.6. The van der Waals surface area contributed by atoms with Crippen LogP contribution >= 0.6 is 0 Å². The average molecular weight is 517 g/mol. The summed E-state index contributed by atoms with van der Waals surface area (Å²) in [5.41, 5.74) is 7.82. The Labute approximate surface area is 210 Å². The number of nitrogens with zero attached hydrogens (tertiary/aromatic N) is 9. The maximum absolute atomic E-state index is 12.0. The number of hydrogen-bond acceptors (Lipinski definition) is 11. The first-order chi connectivity index (χ1) is 17.2. The van der Waals surface area contributed by atoms with E-state index in [-0.39, 0.29) is 5.95 Å². The van der Waals surface area contributed by atoms with E-state index in [2.05, 4.69) is 38.2 Å². The summed E-state index contributed by atoms with van der Waals surface area (Å²) in [7, 11) is -3.23. The Morgan fingerprint density at radius 2 is 1.64 bits per heavy atom. The molecule has 0 aliphatic carbocycles. The van der Waals surface area contributed by atoms with Crippen LogP contribution < -0.4 is 15.5 Å². The zero-order chi connectivity index (χ0) is 25.4. The number of morpholine rings is 1. The predicted molar refractivity (Wildman–Crippen MR) is 137 cm³/mol. The van der Waals surface area contributed by atoms with Crippen LogP contribution in [0.3, 0.4) is 0 Å². The molecule has 2 N–H and O–H groups in total. The first kappa shape index (κ1) is 24.6. The van der Waals surface area contributed by atoms with Gasteiger partial charge in [-0.2, -0.15) is 4.31 Å². The maximum atomic E-state index is 12.0. The Morgan fingerprint density at radius 3 is 2.25 bits per heavy atom. The van der Waals surface area contributed by atoms with Crippen molar-refractivity contribution in [3.05, 3.63) is 12.4 Å². The third kappa shape index (κ3) is 4.92. The van der Waals surface area contributed by atoms with E-state index in [0.717, 1.165) is 22.9 Å². The van der Waals surface area contributed by atoms with Gasteiger partial charge in [0.25, 0.3) is 0 Å². The molecule has 0 radical (unpaired) electrons. The molecule has 5 heterocycles. The van der Waals surface area contributed by atoms with Gasteiger partial charge in [-0.15, -0.1) is 0 Å². The van der Waals surface area contributed by atoms with E-state index in [1.54, 1.807) is 12.4 Å². The molecule has 36 heavy (non-hydrogen) atoms. The summed E-state index contributed by atoms with van der Waals surface area (Å²) in [6.07, 6.45) is 4.51. The molecule has 0 bridgehead atoms. The molecule has 194 valence electrons. The third-order valence-corrected chi connectivity index (χ3v) is 7.64. The third-order valence-electron chi connectivity index (χ3n) is 6.33. The Bertz CT molecular complexity index is 1330. The molecule has 3 aromatic heterocycles. The van der Waals surface area contributed by atoms with Crippen LogP contribution in [-0.2, 0) is 21.3 Å². The standard InChI is InChI=1S/C22H32N10O3S/c1-15(2)14-32-20-17(26-22(32)30-4-6-31(7-5-30)36(3,33)34)19(29-8-10-35-11-9-29)27-18(28-20)16-12-24-21(23)25-13-16/h12-13,15H,4-11,14H2,1-3H3,(H2,23,24,25). The lowest BCUT2D eigenvalue weighted by atomic mass is 10.2. The number of hydrogen-bond donors (Lipinski definition) is 1. The predicted octanol–water partition coefficient (Wildman–Crippen LogP) is 0.440. The molecule has 0 unspecified atom stereocenters. The molecule has 0 atom stereocenters. The van der Waals surface area contributed by atoms with Crippen LogP contribution in [0.25, 0.3) is 22.6 Å². The van der Waals surface area contributed by atoms with E-state index in [1.165, 1.54) is 10.6 Å². The first-order valence-corrected chi connectivity index (χ1v) is 13.9. The monoisotopic (exact) mass is 516 g/mol. The van der Waals surface area contributed by atoms with Crippen molar-refractivity contribution in [1.29, 1.82) is 0 Å². The van der Waals surface area contributed by atoms with Gasteiger partial charge in [0, 0.05) is 58.2 Å². The van der Waals surface area contributed by atoms with Crippen LogP contribution in [0, 0.1) is 5.92 Å². The summed E-state index contributed by atoms with van der Waals surface area (Å²) >= 11 is 0. The summed E-state index contributed by atoms with van der Waals surface area (Å²) < 4.78 is 33.3. The highest BCUT2D eigenvalue weighted by Crippen LogP contribution is 2.32. The Kier molecular flexibility index (Phi) is 6.66. The van der Waals surface area contributed by atoms with Gasteiger partial charge in [-0.05, 0) is 5.92 Å².